The van der Waals surface area contributed by atoms with E-state index in [0.29, 0.717) is 0 Å². The molecule has 27 heavy (non-hydrogen) atoms. The first-order chi connectivity index (χ1) is 12.9. The summed E-state index contributed by atoms with van der Waals surface area (Å²) < 4.78 is 27.6. The number of ether oxygens (including phenoxy) is 3. The number of carbonyl (C=O) groups excluding carboxylic acids is 2. The van der Waals surface area contributed by atoms with Gasteiger partial charge in [-0.25, -0.2) is 9.18 Å². The quantitative estimate of drug-likeness (QED) is 0.425. The van der Waals surface area contributed by atoms with E-state index < -0.39 is 35.8 Å². The number of hydrogen-bond acceptors (Lipinski definition) is 7. The van der Waals surface area contributed by atoms with Gasteiger partial charge in [-0.2, -0.15) is 0 Å². The molecule has 9 nitrogen and oxygen atoms in total. The molecule has 1 N–H and O–H groups in total. The molecule has 0 aliphatic carbocycles. The first-order valence-corrected chi connectivity index (χ1v) is 7.55. The molecule has 0 fully saturated rings. The maximum Gasteiger partial charge on any atom is 0.344 e. The molecule has 2 aromatic carbocycles. The van der Waals surface area contributed by atoms with Gasteiger partial charge in [-0.3, -0.25) is 14.9 Å². The molecule has 0 spiro atoms. The standard InChI is InChI=1S/C17H15FN2O7/c1-25-15-8-12(20(23)24)4-7-14(15)19-16(21)9-27-17(22)10-26-13-5-2-11(18)3-6-13/h2-8H,9-10H2,1H3,(H,19,21). The Hall–Kier alpha value is -3.69. The van der Waals surface area contributed by atoms with Crippen LogP contribution in [0.5, 0.6) is 11.5 Å². The van der Waals surface area contributed by atoms with Crippen molar-refractivity contribution in [2.24, 2.45) is 0 Å². The van der Waals surface area contributed by atoms with E-state index >= 15 is 0 Å². The highest BCUT2D eigenvalue weighted by atomic mass is 19.1. The largest absolute Gasteiger partial charge is 0.494 e. The maximum absolute atomic E-state index is 12.8. The topological polar surface area (TPSA) is 117 Å². The summed E-state index contributed by atoms with van der Waals surface area (Å²) >= 11 is 0. The van der Waals surface area contributed by atoms with Crippen LogP contribution in [-0.4, -0.2) is 37.1 Å². The van der Waals surface area contributed by atoms with E-state index in [2.05, 4.69) is 5.32 Å². The number of amides is 1. The molecule has 142 valence electrons. The van der Waals surface area contributed by atoms with E-state index in [-0.39, 0.29) is 22.9 Å². The van der Waals surface area contributed by atoms with Gasteiger partial charge in [-0.05, 0) is 30.3 Å². The van der Waals surface area contributed by atoms with Crippen LogP contribution in [0.1, 0.15) is 0 Å². The Balaban J connectivity index is 1.82. The van der Waals surface area contributed by atoms with Crippen molar-refractivity contribution in [2.45, 2.75) is 0 Å². The van der Waals surface area contributed by atoms with Gasteiger partial charge in [-0.15, -0.1) is 0 Å². The number of esters is 1. The molecule has 0 radical (unpaired) electrons. The lowest BCUT2D eigenvalue weighted by Gasteiger charge is -2.10. The number of nitrogens with zero attached hydrogens (tertiary/aromatic N) is 1. The number of non-ortho nitro benzene ring substituents is 1. The fraction of sp³-hybridized carbons (Fsp3) is 0.176. The predicted molar refractivity (Wildman–Crippen MR) is 91.1 cm³/mol. The third kappa shape index (κ3) is 5.96. The van der Waals surface area contributed by atoms with Gasteiger partial charge in [0.05, 0.1) is 23.8 Å². The van der Waals surface area contributed by atoms with Crippen molar-refractivity contribution in [1.29, 1.82) is 0 Å². The normalized spacial score (nSPS) is 10.0. The van der Waals surface area contributed by atoms with Gasteiger partial charge < -0.3 is 19.5 Å². The van der Waals surface area contributed by atoms with Crippen LogP contribution >= 0.6 is 0 Å². The fourth-order valence-corrected chi connectivity index (χ4v) is 1.94. The number of carbonyl (C=O) groups is 2. The Morgan fingerprint density at radius 3 is 2.48 bits per heavy atom. The van der Waals surface area contributed by atoms with Crippen molar-refractivity contribution in [3.05, 3.63) is 58.4 Å². The minimum absolute atomic E-state index is 0.0866. The number of nitro groups is 1. The van der Waals surface area contributed by atoms with E-state index in [0.717, 1.165) is 6.07 Å². The summed E-state index contributed by atoms with van der Waals surface area (Å²) in [6, 6.07) is 8.68. The van der Waals surface area contributed by atoms with Crippen molar-refractivity contribution >= 4 is 23.3 Å². The van der Waals surface area contributed by atoms with Crippen LogP contribution in [0.3, 0.4) is 0 Å². The molecule has 2 aromatic rings. The molecule has 0 saturated heterocycles. The van der Waals surface area contributed by atoms with E-state index in [1.165, 1.54) is 43.5 Å². The van der Waals surface area contributed by atoms with E-state index in [1.54, 1.807) is 0 Å². The van der Waals surface area contributed by atoms with E-state index in [1.807, 2.05) is 0 Å². The van der Waals surface area contributed by atoms with Crippen LogP contribution in [0.15, 0.2) is 42.5 Å². The Kier molecular flexibility index (Phi) is 6.64. The molecule has 0 heterocycles. The zero-order chi connectivity index (χ0) is 19.8. The number of halogens is 1. The van der Waals surface area contributed by atoms with Crippen LogP contribution in [-0.2, 0) is 14.3 Å². The molecule has 0 aliphatic rings. The van der Waals surface area contributed by atoms with Crippen LogP contribution in [0.25, 0.3) is 0 Å². The molecule has 1 amide bonds. The van der Waals surface area contributed by atoms with Gasteiger partial charge in [0.1, 0.15) is 17.3 Å². The molecule has 0 saturated carbocycles. The lowest BCUT2D eigenvalue weighted by Crippen LogP contribution is -2.23. The highest BCUT2D eigenvalue weighted by molar-refractivity contribution is 5.94. The highest BCUT2D eigenvalue weighted by Crippen LogP contribution is 2.28. The zero-order valence-corrected chi connectivity index (χ0v) is 14.1. The smallest absolute Gasteiger partial charge is 0.344 e. The summed E-state index contributed by atoms with van der Waals surface area (Å²) in [5.41, 5.74) is -0.0130. The number of nitrogens with one attached hydrogen (secondary N) is 1. The molecular formula is C17H15FN2O7. The number of anilines is 1. The fourth-order valence-electron chi connectivity index (χ4n) is 1.94. The van der Waals surface area contributed by atoms with Crippen LogP contribution in [0.4, 0.5) is 15.8 Å². The summed E-state index contributed by atoms with van der Waals surface area (Å²) in [5.74, 6) is -1.55. The monoisotopic (exact) mass is 378 g/mol. The van der Waals surface area contributed by atoms with E-state index in [4.69, 9.17) is 14.2 Å². The molecule has 2 rings (SSSR count). The first-order valence-electron chi connectivity index (χ1n) is 7.55. The SMILES string of the molecule is COc1cc([N+](=O)[O-])ccc1NC(=O)COC(=O)COc1ccc(F)cc1. The van der Waals surface area contributed by atoms with Gasteiger partial charge in [-0.1, -0.05) is 0 Å². The summed E-state index contributed by atoms with van der Waals surface area (Å²) in [4.78, 5) is 33.6. The molecule has 0 unspecified atom stereocenters. The Labute approximate surface area is 152 Å². The Morgan fingerprint density at radius 2 is 1.85 bits per heavy atom. The second-order valence-electron chi connectivity index (χ2n) is 5.09. The Morgan fingerprint density at radius 1 is 1.15 bits per heavy atom. The average Bonchev–Trinajstić information content (AvgIpc) is 2.66. The first kappa shape index (κ1) is 19.6. The highest BCUT2D eigenvalue weighted by Gasteiger charge is 2.14. The number of benzene rings is 2. The summed E-state index contributed by atoms with van der Waals surface area (Å²) in [7, 11) is 1.29. The molecule has 0 aliphatic heterocycles. The molecule has 0 atom stereocenters. The summed E-state index contributed by atoms with van der Waals surface area (Å²) in [6.07, 6.45) is 0. The predicted octanol–water partition coefficient (Wildman–Crippen LogP) is 2.30. The van der Waals surface area contributed by atoms with Crippen molar-refractivity contribution in [3.63, 3.8) is 0 Å². The summed E-state index contributed by atoms with van der Waals surface area (Å²) in [6.45, 7) is -1.05. The van der Waals surface area contributed by atoms with Crippen molar-refractivity contribution in [1.82, 2.24) is 0 Å². The molecule has 0 aromatic heterocycles. The lowest BCUT2D eigenvalue weighted by atomic mass is 10.2. The van der Waals surface area contributed by atoms with Gasteiger partial charge in [0.15, 0.2) is 13.2 Å². The maximum atomic E-state index is 12.8. The van der Waals surface area contributed by atoms with E-state index in [9.17, 15) is 24.1 Å². The molecule has 0 bridgehead atoms. The third-order valence-corrected chi connectivity index (χ3v) is 3.20. The second kappa shape index (κ2) is 9.13. The average molecular weight is 378 g/mol. The van der Waals surface area contributed by atoms with Crippen molar-refractivity contribution < 1.29 is 33.1 Å². The summed E-state index contributed by atoms with van der Waals surface area (Å²) in [5, 5.41) is 13.2. The number of hydrogen-bond donors (Lipinski definition) is 1. The van der Waals surface area contributed by atoms with Crippen LogP contribution in [0, 0.1) is 15.9 Å². The Bertz CT molecular complexity index is 840. The van der Waals surface area contributed by atoms with Crippen LogP contribution < -0.4 is 14.8 Å². The van der Waals surface area contributed by atoms with Gasteiger partial charge in [0, 0.05) is 6.07 Å². The van der Waals surface area contributed by atoms with Gasteiger partial charge in [0.25, 0.3) is 11.6 Å². The lowest BCUT2D eigenvalue weighted by molar-refractivity contribution is -0.384. The molecular weight excluding hydrogens is 363 g/mol. The second-order valence-corrected chi connectivity index (χ2v) is 5.09. The third-order valence-electron chi connectivity index (χ3n) is 3.20. The minimum Gasteiger partial charge on any atom is -0.494 e. The molecule has 10 heteroatoms. The number of methoxy groups -OCH3 is 1. The van der Waals surface area contributed by atoms with Crippen molar-refractivity contribution in [3.8, 4) is 11.5 Å². The number of nitro benzene ring substituents is 1. The van der Waals surface area contributed by atoms with Crippen LogP contribution in [0.2, 0.25) is 0 Å². The van der Waals surface area contributed by atoms with Gasteiger partial charge >= 0.3 is 5.97 Å². The zero-order valence-electron chi connectivity index (χ0n) is 14.1. The minimum atomic E-state index is -0.801. The van der Waals surface area contributed by atoms with Gasteiger partial charge in [0.2, 0.25) is 0 Å². The number of rotatable bonds is 8. The van der Waals surface area contributed by atoms with Crippen molar-refractivity contribution in [2.75, 3.05) is 25.6 Å².